The van der Waals surface area contributed by atoms with Gasteiger partial charge in [0.05, 0.1) is 6.10 Å². The second kappa shape index (κ2) is 5.65. The topological polar surface area (TPSA) is 32.3 Å². The van der Waals surface area contributed by atoms with E-state index in [2.05, 4.69) is 37.4 Å². The number of hydrogen-bond acceptors (Lipinski definition) is 2. The summed E-state index contributed by atoms with van der Waals surface area (Å²) in [5, 5.41) is 13.7. The van der Waals surface area contributed by atoms with Crippen LogP contribution in [0.1, 0.15) is 29.5 Å². The first-order chi connectivity index (χ1) is 8.16. The predicted octanol–water partition coefficient (Wildman–Crippen LogP) is 2.21. The Morgan fingerprint density at radius 3 is 2.94 bits per heavy atom. The quantitative estimate of drug-likeness (QED) is 0.839. The number of aliphatic hydroxyl groups excluding tert-OH is 1. The minimum absolute atomic E-state index is 0.205. The van der Waals surface area contributed by atoms with Crippen LogP contribution in [0.25, 0.3) is 0 Å². The molecule has 0 aromatic heterocycles. The van der Waals surface area contributed by atoms with E-state index >= 15 is 0 Å². The zero-order valence-electron chi connectivity index (χ0n) is 10.9. The highest BCUT2D eigenvalue weighted by atomic mass is 16.3. The van der Waals surface area contributed by atoms with Gasteiger partial charge in [-0.2, -0.15) is 0 Å². The van der Waals surface area contributed by atoms with Crippen LogP contribution < -0.4 is 5.32 Å². The Morgan fingerprint density at radius 2 is 2.24 bits per heavy atom. The van der Waals surface area contributed by atoms with Crippen LogP contribution in [0.2, 0.25) is 0 Å². The summed E-state index contributed by atoms with van der Waals surface area (Å²) in [6.07, 6.45) is 2.93. The maximum Gasteiger partial charge on any atom is 0.0620 e. The molecule has 1 aliphatic rings. The fourth-order valence-electron chi connectivity index (χ4n) is 2.62. The first-order valence-corrected chi connectivity index (χ1v) is 6.61. The molecule has 1 fully saturated rings. The first-order valence-electron chi connectivity index (χ1n) is 6.61. The summed E-state index contributed by atoms with van der Waals surface area (Å²) in [6, 6.07) is 6.48. The maximum absolute atomic E-state index is 10.3. The lowest BCUT2D eigenvalue weighted by Gasteiger charge is -2.27. The van der Waals surface area contributed by atoms with Gasteiger partial charge in [0.25, 0.3) is 0 Å². The fourth-order valence-corrected chi connectivity index (χ4v) is 2.62. The molecule has 2 heteroatoms. The highest BCUT2D eigenvalue weighted by Gasteiger charge is 2.22. The number of aryl methyl sites for hydroxylation is 2. The van der Waals surface area contributed by atoms with E-state index in [1.54, 1.807) is 0 Å². The van der Waals surface area contributed by atoms with E-state index in [-0.39, 0.29) is 6.10 Å². The van der Waals surface area contributed by atoms with E-state index in [1.807, 2.05) is 0 Å². The van der Waals surface area contributed by atoms with Crippen LogP contribution in [-0.4, -0.2) is 24.3 Å². The van der Waals surface area contributed by atoms with Crippen molar-refractivity contribution in [2.75, 3.05) is 13.1 Å². The molecule has 0 amide bonds. The Morgan fingerprint density at radius 1 is 1.41 bits per heavy atom. The summed E-state index contributed by atoms with van der Waals surface area (Å²) in [7, 11) is 0. The molecule has 1 heterocycles. The number of hydrogen-bond donors (Lipinski definition) is 2. The normalized spacial score (nSPS) is 22.4. The predicted molar refractivity (Wildman–Crippen MR) is 71.2 cm³/mol. The van der Waals surface area contributed by atoms with Gasteiger partial charge in [-0.1, -0.05) is 23.8 Å². The molecule has 1 aliphatic heterocycles. The van der Waals surface area contributed by atoms with Gasteiger partial charge >= 0.3 is 0 Å². The van der Waals surface area contributed by atoms with Crippen molar-refractivity contribution in [2.24, 2.45) is 5.92 Å². The van der Waals surface area contributed by atoms with Crippen molar-refractivity contribution in [3.05, 3.63) is 34.9 Å². The van der Waals surface area contributed by atoms with Crippen LogP contribution in [0, 0.1) is 19.8 Å². The molecule has 0 saturated carbocycles. The first kappa shape index (κ1) is 12.6. The lowest BCUT2D eigenvalue weighted by Crippen LogP contribution is -2.37. The standard InChI is InChI=1S/C15H23NO/c1-11-5-6-12(2)14(8-11)9-15(17)13-4-3-7-16-10-13/h5-6,8,13,15-17H,3-4,7,9-10H2,1-2H3. The lowest BCUT2D eigenvalue weighted by molar-refractivity contribution is 0.0920. The van der Waals surface area contributed by atoms with Gasteiger partial charge in [-0.25, -0.2) is 0 Å². The Hall–Kier alpha value is -0.860. The molecular formula is C15H23NO. The van der Waals surface area contributed by atoms with Gasteiger partial charge in [0.15, 0.2) is 0 Å². The van der Waals surface area contributed by atoms with Gasteiger partial charge in [-0.15, -0.1) is 0 Å². The minimum Gasteiger partial charge on any atom is -0.392 e. The van der Waals surface area contributed by atoms with E-state index < -0.39 is 0 Å². The average molecular weight is 233 g/mol. The molecule has 2 atom stereocenters. The van der Waals surface area contributed by atoms with Crippen LogP contribution >= 0.6 is 0 Å². The zero-order valence-corrected chi connectivity index (χ0v) is 10.9. The number of piperidine rings is 1. The summed E-state index contributed by atoms with van der Waals surface area (Å²) in [5.41, 5.74) is 3.86. The molecule has 2 nitrogen and oxygen atoms in total. The van der Waals surface area contributed by atoms with Gasteiger partial charge in [0.2, 0.25) is 0 Å². The SMILES string of the molecule is Cc1ccc(C)c(CC(O)C2CCCNC2)c1. The van der Waals surface area contributed by atoms with E-state index in [0.29, 0.717) is 5.92 Å². The molecule has 2 unspecified atom stereocenters. The summed E-state index contributed by atoms with van der Waals surface area (Å²) in [4.78, 5) is 0. The Kier molecular flexibility index (Phi) is 4.19. The number of nitrogens with one attached hydrogen (secondary N) is 1. The molecule has 2 N–H and O–H groups in total. The van der Waals surface area contributed by atoms with Gasteiger partial charge in [-0.05, 0) is 56.7 Å². The molecule has 0 aliphatic carbocycles. The monoisotopic (exact) mass is 233 g/mol. The van der Waals surface area contributed by atoms with Crippen molar-refractivity contribution >= 4 is 0 Å². The summed E-state index contributed by atoms with van der Waals surface area (Å²) in [6.45, 7) is 6.30. The molecule has 0 radical (unpaired) electrons. The van der Waals surface area contributed by atoms with E-state index in [0.717, 1.165) is 25.9 Å². The Balaban J connectivity index is 2.01. The molecule has 1 aromatic rings. The number of aliphatic hydroxyl groups is 1. The second-order valence-corrected chi connectivity index (χ2v) is 5.31. The van der Waals surface area contributed by atoms with Crippen molar-refractivity contribution in [3.63, 3.8) is 0 Å². The fraction of sp³-hybridized carbons (Fsp3) is 0.600. The summed E-state index contributed by atoms with van der Waals surface area (Å²) < 4.78 is 0. The molecule has 1 saturated heterocycles. The van der Waals surface area contributed by atoms with Crippen molar-refractivity contribution < 1.29 is 5.11 Å². The summed E-state index contributed by atoms with van der Waals surface area (Å²) >= 11 is 0. The molecule has 0 spiro atoms. The Bertz CT molecular complexity index is 369. The van der Waals surface area contributed by atoms with Crippen molar-refractivity contribution in [1.29, 1.82) is 0 Å². The van der Waals surface area contributed by atoms with Crippen LogP contribution in [0.3, 0.4) is 0 Å². The molecular weight excluding hydrogens is 210 g/mol. The third-order valence-electron chi connectivity index (χ3n) is 3.81. The van der Waals surface area contributed by atoms with E-state index in [9.17, 15) is 5.11 Å². The van der Waals surface area contributed by atoms with Crippen molar-refractivity contribution in [2.45, 2.75) is 39.2 Å². The van der Waals surface area contributed by atoms with Gasteiger partial charge in [0.1, 0.15) is 0 Å². The summed E-state index contributed by atoms with van der Waals surface area (Å²) in [5.74, 6) is 0.420. The highest BCUT2D eigenvalue weighted by molar-refractivity contribution is 5.31. The number of rotatable bonds is 3. The third-order valence-corrected chi connectivity index (χ3v) is 3.81. The highest BCUT2D eigenvalue weighted by Crippen LogP contribution is 2.20. The third kappa shape index (κ3) is 3.30. The lowest BCUT2D eigenvalue weighted by atomic mass is 9.88. The van der Waals surface area contributed by atoms with E-state index in [1.165, 1.54) is 23.1 Å². The average Bonchev–Trinajstić information content (AvgIpc) is 2.35. The maximum atomic E-state index is 10.3. The zero-order chi connectivity index (χ0) is 12.3. The van der Waals surface area contributed by atoms with E-state index in [4.69, 9.17) is 0 Å². The largest absolute Gasteiger partial charge is 0.392 e. The van der Waals surface area contributed by atoms with Gasteiger partial charge in [-0.3, -0.25) is 0 Å². The molecule has 0 bridgehead atoms. The molecule has 2 rings (SSSR count). The van der Waals surface area contributed by atoms with Gasteiger partial charge in [0, 0.05) is 6.54 Å². The van der Waals surface area contributed by atoms with Crippen LogP contribution in [-0.2, 0) is 6.42 Å². The Labute approximate surface area is 104 Å². The number of benzene rings is 1. The van der Waals surface area contributed by atoms with Crippen LogP contribution in [0.5, 0.6) is 0 Å². The van der Waals surface area contributed by atoms with Crippen LogP contribution in [0.15, 0.2) is 18.2 Å². The second-order valence-electron chi connectivity index (χ2n) is 5.31. The van der Waals surface area contributed by atoms with Crippen molar-refractivity contribution in [3.8, 4) is 0 Å². The smallest absolute Gasteiger partial charge is 0.0620 e. The minimum atomic E-state index is -0.205. The molecule has 94 valence electrons. The van der Waals surface area contributed by atoms with Crippen LogP contribution in [0.4, 0.5) is 0 Å². The molecule has 1 aromatic carbocycles. The van der Waals surface area contributed by atoms with Gasteiger partial charge < -0.3 is 10.4 Å². The van der Waals surface area contributed by atoms with Crippen molar-refractivity contribution in [1.82, 2.24) is 5.32 Å². The molecule has 17 heavy (non-hydrogen) atoms.